The fourth-order valence-corrected chi connectivity index (χ4v) is 6.56. The van der Waals surface area contributed by atoms with Crippen molar-refractivity contribution in [1.29, 1.82) is 0 Å². The molecule has 220 valence electrons. The Kier molecular flexibility index (Phi) is 7.36. The largest absolute Gasteiger partial charge is 0.496 e. The molecule has 1 atom stereocenters. The number of nitrogens with one attached hydrogen (secondary N) is 1. The highest BCUT2D eigenvalue weighted by Gasteiger charge is 2.58. The van der Waals surface area contributed by atoms with Crippen molar-refractivity contribution < 1.29 is 33.1 Å². The van der Waals surface area contributed by atoms with Crippen LogP contribution in [0.5, 0.6) is 5.75 Å². The number of hydroxylamine groups is 1. The highest BCUT2D eigenvalue weighted by molar-refractivity contribution is 5.95. The topological polar surface area (TPSA) is 93.0 Å². The van der Waals surface area contributed by atoms with Crippen LogP contribution in [0.25, 0.3) is 10.9 Å². The lowest BCUT2D eigenvalue weighted by Gasteiger charge is -2.54. The molecule has 1 aliphatic carbocycles. The Morgan fingerprint density at radius 1 is 1.15 bits per heavy atom. The van der Waals surface area contributed by atoms with Crippen molar-refractivity contribution in [2.45, 2.75) is 77.5 Å². The van der Waals surface area contributed by atoms with Gasteiger partial charge in [0.1, 0.15) is 11.4 Å². The average Bonchev–Trinajstić information content (AvgIpc) is 3.35. The maximum Gasteiger partial charge on any atom is 0.419 e. The number of aryl methyl sites for hydroxylation is 1. The first kappa shape index (κ1) is 29.0. The molecule has 0 unspecified atom stereocenters. The fourth-order valence-electron chi connectivity index (χ4n) is 6.56. The highest BCUT2D eigenvalue weighted by atomic mass is 19.3. The average molecular weight is 570 g/mol. The predicted molar refractivity (Wildman–Crippen MR) is 150 cm³/mol. The van der Waals surface area contributed by atoms with Crippen LogP contribution in [0, 0.1) is 12.3 Å². The molecule has 10 heteroatoms. The number of benzene rings is 2. The molecule has 1 aliphatic heterocycles. The van der Waals surface area contributed by atoms with Crippen LogP contribution in [0.2, 0.25) is 0 Å². The van der Waals surface area contributed by atoms with E-state index >= 15 is 0 Å². The van der Waals surface area contributed by atoms with Crippen LogP contribution < -0.4 is 10.2 Å². The predicted octanol–water partition coefficient (Wildman–Crippen LogP) is 6.61. The molecule has 1 saturated heterocycles. The number of fused-ring (bicyclic) bond motifs is 1. The molecule has 0 radical (unpaired) electrons. The van der Waals surface area contributed by atoms with Gasteiger partial charge in [0.25, 0.3) is 5.91 Å². The van der Waals surface area contributed by atoms with Gasteiger partial charge in [-0.15, -0.1) is 0 Å². The van der Waals surface area contributed by atoms with E-state index in [0.29, 0.717) is 37.2 Å². The normalized spacial score (nSPS) is 20.0. The number of nitrogens with zero attached hydrogens (tertiary/aromatic N) is 2. The molecule has 1 aromatic heterocycles. The van der Waals surface area contributed by atoms with Gasteiger partial charge in [-0.2, -0.15) is 0 Å². The quantitative estimate of drug-likeness (QED) is 0.265. The standard InChI is InChI=1S/C31H37F2N3O5/c1-19-14-25(40-5)23(22-10-12-36(26(19)22)28(38)41-29(2,3)4)16-35-13-11-30(17-31(32,33)18-30)15-24(35)20-6-8-21(9-7-20)27(37)34-39/h6-10,12,14,24,39H,11,13,15-18H2,1-5H3,(H,34,37)/t24-/m0/s1. The Bertz CT molecular complexity index is 1470. The van der Waals surface area contributed by atoms with Crippen molar-refractivity contribution in [3.05, 3.63) is 64.8 Å². The molecule has 8 nitrogen and oxygen atoms in total. The smallest absolute Gasteiger partial charge is 0.419 e. The van der Waals surface area contributed by atoms with Gasteiger partial charge < -0.3 is 9.47 Å². The monoisotopic (exact) mass is 569 g/mol. The molecule has 2 aliphatic rings. The van der Waals surface area contributed by atoms with Crippen LogP contribution in [0.15, 0.2) is 42.6 Å². The number of rotatable bonds is 5. The molecule has 2 aromatic carbocycles. The summed E-state index contributed by atoms with van der Waals surface area (Å²) in [7, 11) is 1.61. The van der Waals surface area contributed by atoms with Crippen LogP contribution in [0.3, 0.4) is 0 Å². The van der Waals surface area contributed by atoms with Crippen molar-refractivity contribution in [3.63, 3.8) is 0 Å². The van der Waals surface area contributed by atoms with E-state index in [-0.39, 0.29) is 18.9 Å². The summed E-state index contributed by atoms with van der Waals surface area (Å²) in [6.07, 6.45) is 2.21. The first-order chi connectivity index (χ1) is 19.2. The Morgan fingerprint density at radius 3 is 2.41 bits per heavy atom. The first-order valence-electron chi connectivity index (χ1n) is 13.8. The summed E-state index contributed by atoms with van der Waals surface area (Å²) in [6, 6.07) is 10.5. The Morgan fingerprint density at radius 2 is 1.83 bits per heavy atom. The van der Waals surface area contributed by atoms with Crippen LogP contribution in [-0.2, 0) is 11.3 Å². The number of aromatic nitrogens is 1. The van der Waals surface area contributed by atoms with Gasteiger partial charge in [-0.05, 0) is 87.9 Å². The minimum absolute atomic E-state index is 0.119. The SMILES string of the molecule is COc1cc(C)c2c(ccn2C(=O)OC(C)(C)C)c1CN1CCC2(C[C@H]1c1ccc(C(=O)NO)cc1)CC(F)(F)C2. The zero-order valence-electron chi connectivity index (χ0n) is 24.1. The molecule has 2 heterocycles. The lowest BCUT2D eigenvalue weighted by atomic mass is 9.59. The molecule has 5 rings (SSSR count). The number of piperidine rings is 1. The minimum atomic E-state index is -2.63. The van der Waals surface area contributed by atoms with Crippen molar-refractivity contribution in [1.82, 2.24) is 14.9 Å². The van der Waals surface area contributed by atoms with E-state index in [1.54, 1.807) is 30.9 Å². The van der Waals surface area contributed by atoms with Crippen molar-refractivity contribution in [2.24, 2.45) is 5.41 Å². The summed E-state index contributed by atoms with van der Waals surface area (Å²) < 4.78 is 41.1. The number of hydrogen-bond acceptors (Lipinski definition) is 6. The fraction of sp³-hybridized carbons (Fsp3) is 0.484. The van der Waals surface area contributed by atoms with Crippen molar-refractivity contribution >= 4 is 22.9 Å². The third-order valence-electron chi connectivity index (χ3n) is 8.32. The van der Waals surface area contributed by atoms with Crippen LogP contribution in [-0.4, -0.2) is 51.9 Å². The first-order valence-corrected chi connectivity index (χ1v) is 13.8. The molecular weight excluding hydrogens is 532 g/mol. The van der Waals surface area contributed by atoms with Gasteiger partial charge in [-0.3, -0.25) is 19.5 Å². The highest BCUT2D eigenvalue weighted by Crippen LogP contribution is 2.60. The van der Waals surface area contributed by atoms with E-state index in [2.05, 4.69) is 4.90 Å². The Hall–Kier alpha value is -3.50. The molecule has 1 spiro atoms. The van der Waals surface area contributed by atoms with Gasteiger partial charge in [0.15, 0.2) is 0 Å². The number of likely N-dealkylation sites (tertiary alicyclic amines) is 1. The van der Waals surface area contributed by atoms with Gasteiger partial charge in [0.05, 0.1) is 12.6 Å². The van der Waals surface area contributed by atoms with Gasteiger partial charge in [-0.1, -0.05) is 12.1 Å². The summed E-state index contributed by atoms with van der Waals surface area (Å²) >= 11 is 0. The number of hydrogen-bond donors (Lipinski definition) is 2. The van der Waals surface area contributed by atoms with Gasteiger partial charge in [-0.25, -0.2) is 19.1 Å². The number of alkyl halides is 2. The lowest BCUT2D eigenvalue weighted by Crippen LogP contribution is -2.53. The third kappa shape index (κ3) is 5.67. The summed E-state index contributed by atoms with van der Waals surface area (Å²) in [6.45, 7) is 8.45. The molecular formula is C31H37F2N3O5. The number of halogens is 2. The molecule has 1 amide bonds. The number of amides is 1. The van der Waals surface area contributed by atoms with E-state index in [1.165, 1.54) is 4.57 Å². The van der Waals surface area contributed by atoms with Crippen LogP contribution in [0.4, 0.5) is 13.6 Å². The van der Waals surface area contributed by atoms with E-state index < -0.39 is 28.9 Å². The Labute approximate surface area is 238 Å². The summed E-state index contributed by atoms with van der Waals surface area (Å²) in [5.74, 6) is -2.57. The summed E-state index contributed by atoms with van der Waals surface area (Å²) in [5.41, 5.74) is 4.25. The third-order valence-corrected chi connectivity index (χ3v) is 8.32. The molecule has 2 N–H and O–H groups in total. The lowest BCUT2D eigenvalue weighted by molar-refractivity contribution is -0.186. The zero-order chi connectivity index (χ0) is 29.7. The second-order valence-corrected chi connectivity index (χ2v) is 12.5. The van der Waals surface area contributed by atoms with E-state index in [0.717, 1.165) is 27.6 Å². The molecule has 3 aromatic rings. The second-order valence-electron chi connectivity index (χ2n) is 12.5. The van der Waals surface area contributed by atoms with E-state index in [4.69, 9.17) is 14.7 Å². The van der Waals surface area contributed by atoms with Crippen LogP contribution >= 0.6 is 0 Å². The van der Waals surface area contributed by atoms with E-state index in [1.807, 2.05) is 52.0 Å². The molecule has 2 fully saturated rings. The maximum atomic E-state index is 14.1. The second kappa shape index (κ2) is 10.4. The van der Waals surface area contributed by atoms with E-state index in [9.17, 15) is 18.4 Å². The van der Waals surface area contributed by atoms with Gasteiger partial charge in [0, 0.05) is 48.1 Å². The molecule has 0 bridgehead atoms. The molecule has 1 saturated carbocycles. The number of ether oxygens (including phenoxy) is 2. The van der Waals surface area contributed by atoms with Gasteiger partial charge in [0.2, 0.25) is 5.92 Å². The Balaban J connectivity index is 1.52. The van der Waals surface area contributed by atoms with Gasteiger partial charge >= 0.3 is 6.09 Å². The number of carbonyl (C=O) groups is 2. The van der Waals surface area contributed by atoms with Crippen LogP contribution in [0.1, 0.15) is 79.5 Å². The van der Waals surface area contributed by atoms with Crippen molar-refractivity contribution in [3.8, 4) is 5.75 Å². The number of carbonyl (C=O) groups excluding carboxylic acids is 2. The maximum absolute atomic E-state index is 14.1. The minimum Gasteiger partial charge on any atom is -0.496 e. The summed E-state index contributed by atoms with van der Waals surface area (Å²) in [5, 5.41) is 9.85. The van der Waals surface area contributed by atoms with Crippen molar-refractivity contribution in [2.75, 3.05) is 13.7 Å². The molecule has 41 heavy (non-hydrogen) atoms. The summed E-state index contributed by atoms with van der Waals surface area (Å²) in [4.78, 5) is 27.2. The zero-order valence-corrected chi connectivity index (χ0v) is 24.1. The number of methoxy groups -OCH3 is 1.